The van der Waals surface area contributed by atoms with Crippen LogP contribution in [0.15, 0.2) is 29.3 Å². The van der Waals surface area contributed by atoms with E-state index < -0.39 is 0 Å². The molecule has 0 saturated heterocycles. The summed E-state index contributed by atoms with van der Waals surface area (Å²) in [5.41, 5.74) is 1.19. The molecule has 0 bridgehead atoms. The topological polar surface area (TPSA) is 66.0 Å². The van der Waals surface area contributed by atoms with E-state index in [4.69, 9.17) is 4.74 Å². The lowest BCUT2D eigenvalue weighted by Crippen LogP contribution is -2.39. The first-order chi connectivity index (χ1) is 12.1. The highest BCUT2D eigenvalue weighted by atomic mass is 127. The Bertz CT molecular complexity index is 573. The average molecular weight is 474 g/mol. The van der Waals surface area contributed by atoms with Crippen LogP contribution in [0.3, 0.4) is 0 Å². The van der Waals surface area contributed by atoms with Crippen molar-refractivity contribution in [2.75, 3.05) is 27.2 Å². The van der Waals surface area contributed by atoms with E-state index >= 15 is 0 Å². The number of ether oxygens (including phenoxy) is 1. The Kier molecular flexibility index (Phi) is 10.4. The van der Waals surface area contributed by atoms with Crippen molar-refractivity contribution in [1.29, 1.82) is 0 Å². The van der Waals surface area contributed by atoms with Crippen LogP contribution in [-0.2, 0) is 11.3 Å². The first-order valence-corrected chi connectivity index (χ1v) is 9.05. The number of halogens is 1. The summed E-state index contributed by atoms with van der Waals surface area (Å²) in [6.45, 7) is 4.15. The molecule has 0 unspecified atom stereocenters. The number of hydrogen-bond acceptors (Lipinski definition) is 3. The number of nitrogens with zero attached hydrogens (tertiary/aromatic N) is 2. The van der Waals surface area contributed by atoms with Gasteiger partial charge >= 0.3 is 0 Å². The molecular formula is C19H31IN4O2. The maximum Gasteiger partial charge on any atom is 0.220 e. The molecular weight excluding hydrogens is 443 g/mol. The Morgan fingerprint density at radius 2 is 2.00 bits per heavy atom. The van der Waals surface area contributed by atoms with E-state index in [1.807, 2.05) is 26.1 Å². The van der Waals surface area contributed by atoms with Gasteiger partial charge < -0.3 is 20.3 Å². The lowest BCUT2D eigenvalue weighted by molar-refractivity contribution is -0.121. The molecule has 1 aliphatic rings. The Hall–Kier alpha value is -1.51. The van der Waals surface area contributed by atoms with Gasteiger partial charge in [-0.25, -0.2) is 0 Å². The van der Waals surface area contributed by atoms with Gasteiger partial charge in [0.2, 0.25) is 5.91 Å². The Labute approximate surface area is 173 Å². The fourth-order valence-corrected chi connectivity index (χ4v) is 2.57. The van der Waals surface area contributed by atoms with Crippen LogP contribution in [0, 0.1) is 0 Å². The summed E-state index contributed by atoms with van der Waals surface area (Å²) < 4.78 is 5.46. The van der Waals surface area contributed by atoms with Crippen molar-refractivity contribution in [3.05, 3.63) is 29.8 Å². The van der Waals surface area contributed by atoms with Crippen LogP contribution in [0.5, 0.6) is 5.75 Å². The molecule has 0 spiro atoms. The fraction of sp³-hybridized carbons (Fsp3) is 0.579. The summed E-state index contributed by atoms with van der Waals surface area (Å²) in [5.74, 6) is 1.87. The third-order valence-corrected chi connectivity index (χ3v) is 4.03. The molecule has 146 valence electrons. The molecule has 1 aromatic rings. The van der Waals surface area contributed by atoms with Crippen LogP contribution in [0.1, 0.15) is 38.2 Å². The van der Waals surface area contributed by atoms with Crippen LogP contribution < -0.4 is 15.4 Å². The number of benzene rings is 1. The van der Waals surface area contributed by atoms with Gasteiger partial charge in [-0.05, 0) is 43.9 Å². The molecule has 6 nitrogen and oxygen atoms in total. The van der Waals surface area contributed by atoms with Gasteiger partial charge in [-0.15, -0.1) is 24.0 Å². The van der Waals surface area contributed by atoms with Gasteiger partial charge in [0.25, 0.3) is 0 Å². The van der Waals surface area contributed by atoms with Crippen molar-refractivity contribution >= 4 is 35.8 Å². The third kappa shape index (κ3) is 8.25. The molecule has 2 N–H and O–H groups in total. The molecule has 0 aliphatic heterocycles. The summed E-state index contributed by atoms with van der Waals surface area (Å²) in [7, 11) is 3.78. The van der Waals surface area contributed by atoms with Crippen molar-refractivity contribution in [3.8, 4) is 5.75 Å². The van der Waals surface area contributed by atoms with E-state index in [1.165, 1.54) is 5.56 Å². The van der Waals surface area contributed by atoms with Crippen LogP contribution in [-0.4, -0.2) is 50.1 Å². The zero-order valence-electron chi connectivity index (χ0n) is 16.0. The summed E-state index contributed by atoms with van der Waals surface area (Å²) in [6, 6.07) is 8.55. The predicted octanol–water partition coefficient (Wildman–Crippen LogP) is 2.77. The highest BCUT2D eigenvalue weighted by Crippen LogP contribution is 2.18. The number of rotatable bonds is 9. The maximum absolute atomic E-state index is 11.7. The van der Waals surface area contributed by atoms with Crippen LogP contribution in [0.25, 0.3) is 0 Å². The number of guanidine groups is 1. The summed E-state index contributed by atoms with van der Waals surface area (Å²) in [5, 5.41) is 6.32. The van der Waals surface area contributed by atoms with Crippen molar-refractivity contribution in [2.24, 2.45) is 4.99 Å². The van der Waals surface area contributed by atoms with Gasteiger partial charge in [-0.3, -0.25) is 9.79 Å². The smallest absolute Gasteiger partial charge is 0.220 e. The molecule has 1 saturated carbocycles. The Balaban J connectivity index is 0.00000338. The average Bonchev–Trinajstić information content (AvgIpc) is 3.40. The first kappa shape index (κ1) is 22.5. The summed E-state index contributed by atoms with van der Waals surface area (Å²) >= 11 is 0. The van der Waals surface area contributed by atoms with Gasteiger partial charge in [0.05, 0.1) is 6.61 Å². The van der Waals surface area contributed by atoms with Gasteiger partial charge in [0.15, 0.2) is 5.96 Å². The second kappa shape index (κ2) is 12.0. The van der Waals surface area contributed by atoms with Gasteiger partial charge in [-0.2, -0.15) is 0 Å². The lowest BCUT2D eigenvalue weighted by atomic mass is 10.2. The first-order valence-electron chi connectivity index (χ1n) is 9.05. The highest BCUT2D eigenvalue weighted by molar-refractivity contribution is 14.0. The standard InChI is InChI=1S/C19H30N4O2.HI/c1-4-25-17-11-7-15(8-12-17)14-23(3)19(20-2)21-13-5-6-18(24)22-16-9-10-16;/h7-8,11-12,16H,4-6,9-10,13-14H2,1-3H3,(H,20,21)(H,22,24);1H. The molecule has 0 aromatic heterocycles. The molecule has 7 heteroatoms. The molecule has 0 heterocycles. The SMILES string of the molecule is CCOc1ccc(CN(C)C(=NC)NCCCC(=O)NC2CC2)cc1.I. The number of aliphatic imine (C=N–C) groups is 1. The summed E-state index contributed by atoms with van der Waals surface area (Å²) in [4.78, 5) is 18.0. The molecule has 1 fully saturated rings. The largest absolute Gasteiger partial charge is 0.494 e. The van der Waals surface area contributed by atoms with Crippen molar-refractivity contribution in [2.45, 2.75) is 45.2 Å². The normalized spacial score (nSPS) is 13.6. The number of nitrogens with one attached hydrogen (secondary N) is 2. The molecule has 1 aromatic carbocycles. The monoisotopic (exact) mass is 474 g/mol. The Morgan fingerprint density at radius 3 is 2.58 bits per heavy atom. The van der Waals surface area contributed by atoms with Crippen molar-refractivity contribution < 1.29 is 9.53 Å². The minimum Gasteiger partial charge on any atom is -0.494 e. The number of carbonyl (C=O) groups is 1. The van der Waals surface area contributed by atoms with Gasteiger partial charge in [0, 0.05) is 39.6 Å². The second-order valence-corrected chi connectivity index (χ2v) is 6.35. The van der Waals surface area contributed by atoms with Crippen molar-refractivity contribution in [3.63, 3.8) is 0 Å². The molecule has 1 aliphatic carbocycles. The number of carbonyl (C=O) groups excluding carboxylic acids is 1. The zero-order valence-corrected chi connectivity index (χ0v) is 18.3. The Morgan fingerprint density at radius 1 is 1.31 bits per heavy atom. The molecule has 26 heavy (non-hydrogen) atoms. The molecule has 2 rings (SSSR count). The van der Waals surface area contributed by atoms with E-state index in [-0.39, 0.29) is 29.9 Å². The van der Waals surface area contributed by atoms with E-state index in [0.717, 1.165) is 44.1 Å². The number of amides is 1. The van der Waals surface area contributed by atoms with E-state index in [2.05, 4.69) is 32.7 Å². The van der Waals surface area contributed by atoms with Crippen LogP contribution >= 0.6 is 24.0 Å². The molecule has 1 amide bonds. The minimum atomic E-state index is 0. The van der Waals surface area contributed by atoms with Gasteiger partial charge in [0.1, 0.15) is 5.75 Å². The zero-order chi connectivity index (χ0) is 18.1. The van der Waals surface area contributed by atoms with E-state index in [0.29, 0.717) is 19.1 Å². The van der Waals surface area contributed by atoms with Gasteiger partial charge in [-0.1, -0.05) is 12.1 Å². The maximum atomic E-state index is 11.7. The van der Waals surface area contributed by atoms with Crippen molar-refractivity contribution in [1.82, 2.24) is 15.5 Å². The fourth-order valence-electron chi connectivity index (χ4n) is 2.57. The summed E-state index contributed by atoms with van der Waals surface area (Å²) in [6.07, 6.45) is 3.62. The minimum absolute atomic E-state index is 0. The number of hydrogen-bond donors (Lipinski definition) is 2. The van der Waals surface area contributed by atoms with Crippen LogP contribution in [0.2, 0.25) is 0 Å². The second-order valence-electron chi connectivity index (χ2n) is 6.35. The van der Waals surface area contributed by atoms with E-state index in [1.54, 1.807) is 7.05 Å². The van der Waals surface area contributed by atoms with Crippen LogP contribution in [0.4, 0.5) is 0 Å². The highest BCUT2D eigenvalue weighted by Gasteiger charge is 2.22. The molecule has 0 radical (unpaired) electrons. The quantitative estimate of drug-likeness (QED) is 0.250. The lowest BCUT2D eigenvalue weighted by Gasteiger charge is -2.22. The molecule has 0 atom stereocenters. The third-order valence-electron chi connectivity index (χ3n) is 4.03. The predicted molar refractivity (Wildman–Crippen MR) is 116 cm³/mol. The van der Waals surface area contributed by atoms with E-state index in [9.17, 15) is 4.79 Å².